The largest absolute Gasteiger partial charge is 0.395 e. The van der Waals surface area contributed by atoms with Crippen molar-refractivity contribution < 1.29 is 15.3 Å². The highest BCUT2D eigenvalue weighted by atomic mass is 16.3. The summed E-state index contributed by atoms with van der Waals surface area (Å²) in [7, 11) is 0. The first kappa shape index (κ1) is 12.1. The van der Waals surface area contributed by atoms with Crippen LogP contribution in [0.2, 0.25) is 0 Å². The average molecular weight is 211 g/mol. The second-order valence-corrected chi connectivity index (χ2v) is 3.41. The maximum Gasteiger partial charge on any atom is 0.0945 e. The molecule has 4 N–H and O–H groups in total. The van der Waals surface area contributed by atoms with Crippen molar-refractivity contribution in [1.82, 2.24) is 5.32 Å². The lowest BCUT2D eigenvalue weighted by molar-refractivity contribution is 0.0410. The summed E-state index contributed by atoms with van der Waals surface area (Å²) in [5.74, 6) is 0. The van der Waals surface area contributed by atoms with Crippen LogP contribution in [0.25, 0.3) is 0 Å². The number of rotatable bonds is 6. The summed E-state index contributed by atoms with van der Waals surface area (Å²) in [6.07, 6.45) is -0.932. The van der Waals surface area contributed by atoms with Gasteiger partial charge in [-0.05, 0) is 5.56 Å². The normalized spacial score (nSPS) is 14.9. The van der Waals surface area contributed by atoms with Gasteiger partial charge in [-0.3, -0.25) is 0 Å². The molecule has 0 fully saturated rings. The Hall–Kier alpha value is -0.940. The quantitative estimate of drug-likeness (QED) is 0.511. The highest BCUT2D eigenvalue weighted by Crippen LogP contribution is 1.99. The summed E-state index contributed by atoms with van der Waals surface area (Å²) in [6, 6.07) is 9.19. The Balaban J connectivity index is 2.41. The van der Waals surface area contributed by atoms with E-state index in [2.05, 4.69) is 5.32 Å². The SMILES string of the molecule is OC[C@H](NCc1ccccc1)[C@@H](O)CO. The molecule has 0 aromatic heterocycles. The summed E-state index contributed by atoms with van der Waals surface area (Å²) >= 11 is 0. The molecule has 0 unspecified atom stereocenters. The van der Waals surface area contributed by atoms with Crippen LogP contribution in [0, 0.1) is 0 Å². The molecule has 0 bridgehead atoms. The molecular formula is C11H17NO3. The van der Waals surface area contributed by atoms with E-state index < -0.39 is 12.1 Å². The van der Waals surface area contributed by atoms with E-state index in [9.17, 15) is 5.11 Å². The molecule has 1 aromatic rings. The lowest BCUT2D eigenvalue weighted by Gasteiger charge is -2.20. The van der Waals surface area contributed by atoms with E-state index in [-0.39, 0.29) is 13.2 Å². The Labute approximate surface area is 89.2 Å². The smallest absolute Gasteiger partial charge is 0.0945 e. The summed E-state index contributed by atoms with van der Waals surface area (Å²) in [5, 5.41) is 30.0. The molecule has 0 heterocycles. The fourth-order valence-electron chi connectivity index (χ4n) is 1.29. The molecule has 15 heavy (non-hydrogen) atoms. The van der Waals surface area contributed by atoms with Gasteiger partial charge in [0, 0.05) is 6.54 Å². The maximum absolute atomic E-state index is 9.32. The second-order valence-electron chi connectivity index (χ2n) is 3.41. The van der Waals surface area contributed by atoms with Gasteiger partial charge in [-0.15, -0.1) is 0 Å². The fraction of sp³-hybridized carbons (Fsp3) is 0.455. The number of aliphatic hydroxyl groups is 3. The van der Waals surface area contributed by atoms with Gasteiger partial charge in [-0.1, -0.05) is 30.3 Å². The van der Waals surface area contributed by atoms with Gasteiger partial charge in [-0.25, -0.2) is 0 Å². The van der Waals surface area contributed by atoms with Crippen LogP contribution < -0.4 is 5.32 Å². The number of aliphatic hydroxyl groups excluding tert-OH is 3. The minimum Gasteiger partial charge on any atom is -0.395 e. The number of hydrogen-bond donors (Lipinski definition) is 4. The van der Waals surface area contributed by atoms with E-state index >= 15 is 0 Å². The van der Waals surface area contributed by atoms with Gasteiger partial charge in [-0.2, -0.15) is 0 Å². The van der Waals surface area contributed by atoms with E-state index in [1.54, 1.807) is 0 Å². The van der Waals surface area contributed by atoms with Crippen LogP contribution in [0.15, 0.2) is 30.3 Å². The van der Waals surface area contributed by atoms with Crippen LogP contribution in [-0.2, 0) is 6.54 Å². The third-order valence-corrected chi connectivity index (χ3v) is 2.26. The zero-order valence-corrected chi connectivity index (χ0v) is 8.50. The first-order valence-corrected chi connectivity index (χ1v) is 4.95. The highest BCUT2D eigenvalue weighted by molar-refractivity contribution is 5.14. The van der Waals surface area contributed by atoms with Crippen LogP contribution >= 0.6 is 0 Å². The molecule has 1 aromatic carbocycles. The molecule has 2 atom stereocenters. The maximum atomic E-state index is 9.32. The first-order valence-electron chi connectivity index (χ1n) is 4.95. The van der Waals surface area contributed by atoms with Crippen LogP contribution in [0.1, 0.15) is 5.56 Å². The van der Waals surface area contributed by atoms with Crippen LogP contribution in [0.3, 0.4) is 0 Å². The average Bonchev–Trinajstić information content (AvgIpc) is 2.31. The predicted octanol–water partition coefficient (Wildman–Crippen LogP) is -0.510. The molecule has 0 saturated carbocycles. The molecule has 84 valence electrons. The molecule has 0 radical (unpaired) electrons. The predicted molar refractivity (Wildman–Crippen MR) is 57.2 cm³/mol. The molecular weight excluding hydrogens is 194 g/mol. The van der Waals surface area contributed by atoms with E-state index in [4.69, 9.17) is 10.2 Å². The van der Waals surface area contributed by atoms with Crippen LogP contribution in [0.4, 0.5) is 0 Å². The minimum atomic E-state index is -0.932. The van der Waals surface area contributed by atoms with Crippen LogP contribution in [0.5, 0.6) is 0 Å². The molecule has 4 heteroatoms. The van der Waals surface area contributed by atoms with Crippen molar-refractivity contribution in [2.75, 3.05) is 13.2 Å². The van der Waals surface area contributed by atoms with Gasteiger partial charge in [0.25, 0.3) is 0 Å². The highest BCUT2D eigenvalue weighted by Gasteiger charge is 2.16. The lowest BCUT2D eigenvalue weighted by Crippen LogP contribution is -2.44. The third kappa shape index (κ3) is 3.97. The van der Waals surface area contributed by atoms with Gasteiger partial charge < -0.3 is 20.6 Å². The van der Waals surface area contributed by atoms with E-state index in [1.165, 1.54) is 0 Å². The lowest BCUT2D eigenvalue weighted by atomic mass is 10.1. The third-order valence-electron chi connectivity index (χ3n) is 2.26. The summed E-state index contributed by atoms with van der Waals surface area (Å²) in [6.45, 7) is 0.00467. The Morgan fingerprint density at radius 1 is 1.07 bits per heavy atom. The van der Waals surface area contributed by atoms with Gasteiger partial charge in [0.15, 0.2) is 0 Å². The fourth-order valence-corrected chi connectivity index (χ4v) is 1.29. The topological polar surface area (TPSA) is 72.7 Å². The molecule has 1 rings (SSSR count). The summed E-state index contributed by atoms with van der Waals surface area (Å²) in [5.41, 5.74) is 1.07. The van der Waals surface area contributed by atoms with Gasteiger partial charge in [0.05, 0.1) is 25.4 Å². The van der Waals surface area contributed by atoms with E-state index in [0.717, 1.165) is 5.56 Å². The molecule has 0 aliphatic heterocycles. The Kier molecular flexibility index (Phi) is 5.28. The van der Waals surface area contributed by atoms with Gasteiger partial charge in [0.2, 0.25) is 0 Å². The molecule has 0 spiro atoms. The van der Waals surface area contributed by atoms with Crippen molar-refractivity contribution in [3.63, 3.8) is 0 Å². The van der Waals surface area contributed by atoms with Crippen molar-refractivity contribution in [1.29, 1.82) is 0 Å². The summed E-state index contributed by atoms with van der Waals surface area (Å²) < 4.78 is 0. The van der Waals surface area contributed by atoms with Gasteiger partial charge >= 0.3 is 0 Å². The molecule has 0 aliphatic carbocycles. The molecule has 0 aliphatic rings. The van der Waals surface area contributed by atoms with Crippen molar-refractivity contribution in [3.8, 4) is 0 Å². The second kappa shape index (κ2) is 6.53. The first-order chi connectivity index (χ1) is 7.27. The Bertz CT molecular complexity index is 266. The Morgan fingerprint density at radius 3 is 2.27 bits per heavy atom. The minimum absolute atomic E-state index is 0.200. The molecule has 4 nitrogen and oxygen atoms in total. The Morgan fingerprint density at radius 2 is 1.73 bits per heavy atom. The number of hydrogen-bond acceptors (Lipinski definition) is 4. The molecule has 0 saturated heterocycles. The van der Waals surface area contributed by atoms with Crippen molar-refractivity contribution in [2.24, 2.45) is 0 Å². The number of nitrogens with one attached hydrogen (secondary N) is 1. The summed E-state index contributed by atoms with van der Waals surface area (Å²) in [4.78, 5) is 0. The molecule has 0 amide bonds. The standard InChI is InChI=1S/C11H17NO3/c13-7-10(11(15)8-14)12-6-9-4-2-1-3-5-9/h1-5,10-15H,6-8H2/t10-,11-/m0/s1. The zero-order chi connectivity index (χ0) is 11.1. The van der Waals surface area contributed by atoms with Crippen molar-refractivity contribution in [2.45, 2.75) is 18.7 Å². The van der Waals surface area contributed by atoms with Crippen LogP contribution in [-0.4, -0.2) is 40.7 Å². The zero-order valence-electron chi connectivity index (χ0n) is 8.50. The van der Waals surface area contributed by atoms with Crippen molar-refractivity contribution >= 4 is 0 Å². The monoisotopic (exact) mass is 211 g/mol. The number of benzene rings is 1. The van der Waals surface area contributed by atoms with Crippen molar-refractivity contribution in [3.05, 3.63) is 35.9 Å². The van der Waals surface area contributed by atoms with E-state index in [1.807, 2.05) is 30.3 Å². The van der Waals surface area contributed by atoms with Gasteiger partial charge in [0.1, 0.15) is 0 Å². The van der Waals surface area contributed by atoms with E-state index in [0.29, 0.717) is 6.54 Å².